The number of imidazole rings is 1. The van der Waals surface area contributed by atoms with E-state index in [2.05, 4.69) is 29.1 Å². The molecule has 0 aliphatic carbocycles. The lowest BCUT2D eigenvalue weighted by atomic mass is 10.0. The summed E-state index contributed by atoms with van der Waals surface area (Å²) in [7, 11) is 0. The van der Waals surface area contributed by atoms with E-state index in [1.165, 1.54) is 12.4 Å². The first-order valence-corrected chi connectivity index (χ1v) is 7.54. The summed E-state index contributed by atoms with van der Waals surface area (Å²) < 4.78 is 26.3. The molecule has 2 rings (SSSR count). The summed E-state index contributed by atoms with van der Waals surface area (Å²) in [4.78, 5) is 8.00. The first-order chi connectivity index (χ1) is 11.1. The van der Waals surface area contributed by atoms with E-state index in [1.807, 2.05) is 18.2 Å². The van der Waals surface area contributed by atoms with Crippen LogP contribution in [0.15, 0.2) is 35.6 Å². The largest absolute Gasteiger partial charge is 0.370 e. The van der Waals surface area contributed by atoms with Crippen molar-refractivity contribution in [1.82, 2.24) is 9.55 Å². The van der Waals surface area contributed by atoms with E-state index in [1.54, 1.807) is 0 Å². The minimum absolute atomic E-state index is 0.00801. The SMILES string of the molecule is CCc1cccc(CC)c1NC(N)=NCc1nccn1C(F)F. The molecule has 0 fully saturated rings. The number of nitrogens with one attached hydrogen (secondary N) is 1. The molecule has 0 atom stereocenters. The Morgan fingerprint density at radius 3 is 2.52 bits per heavy atom. The van der Waals surface area contributed by atoms with Crippen LogP contribution in [0.1, 0.15) is 37.3 Å². The van der Waals surface area contributed by atoms with Crippen molar-refractivity contribution in [2.45, 2.75) is 39.8 Å². The average Bonchev–Trinajstić information content (AvgIpc) is 3.02. The Labute approximate surface area is 134 Å². The van der Waals surface area contributed by atoms with Crippen LogP contribution in [0.2, 0.25) is 0 Å². The fraction of sp³-hybridized carbons (Fsp3) is 0.375. The zero-order chi connectivity index (χ0) is 16.8. The second kappa shape index (κ2) is 7.71. The molecule has 0 aliphatic heterocycles. The maximum Gasteiger partial charge on any atom is 0.319 e. The normalized spacial score (nSPS) is 12.0. The van der Waals surface area contributed by atoms with Gasteiger partial charge in [-0.1, -0.05) is 32.0 Å². The second-order valence-electron chi connectivity index (χ2n) is 5.01. The minimum atomic E-state index is -2.63. The number of anilines is 1. The molecular weight excluding hydrogens is 300 g/mol. The van der Waals surface area contributed by atoms with Gasteiger partial charge in [-0.15, -0.1) is 0 Å². The summed E-state index contributed by atoms with van der Waals surface area (Å²) in [5, 5.41) is 3.10. The molecule has 0 spiro atoms. The van der Waals surface area contributed by atoms with Gasteiger partial charge in [0.05, 0.1) is 0 Å². The number of hydrogen-bond donors (Lipinski definition) is 2. The average molecular weight is 321 g/mol. The molecule has 1 heterocycles. The van der Waals surface area contributed by atoms with Crippen molar-refractivity contribution in [2.75, 3.05) is 5.32 Å². The topological polar surface area (TPSA) is 68.2 Å². The molecule has 7 heteroatoms. The summed E-state index contributed by atoms with van der Waals surface area (Å²) in [5.41, 5.74) is 9.12. The fourth-order valence-electron chi connectivity index (χ4n) is 2.37. The van der Waals surface area contributed by atoms with Crippen LogP contribution < -0.4 is 11.1 Å². The number of aliphatic imine (C=N–C) groups is 1. The van der Waals surface area contributed by atoms with Crippen LogP contribution in [0.25, 0.3) is 0 Å². The molecule has 0 unspecified atom stereocenters. The summed E-state index contributed by atoms with van der Waals surface area (Å²) in [6, 6.07) is 6.06. The molecule has 0 amide bonds. The lowest BCUT2D eigenvalue weighted by Crippen LogP contribution is -2.24. The molecular formula is C16H21F2N5. The Hall–Kier alpha value is -2.44. The van der Waals surface area contributed by atoms with Crippen LogP contribution >= 0.6 is 0 Å². The highest BCUT2D eigenvalue weighted by Gasteiger charge is 2.11. The monoisotopic (exact) mass is 321 g/mol. The molecule has 0 aliphatic rings. The van der Waals surface area contributed by atoms with Crippen LogP contribution in [0.4, 0.5) is 14.5 Å². The van der Waals surface area contributed by atoms with Crippen molar-refractivity contribution in [3.8, 4) is 0 Å². The van der Waals surface area contributed by atoms with Gasteiger partial charge in [0, 0.05) is 18.1 Å². The number of halogens is 2. The number of guanidine groups is 1. The van der Waals surface area contributed by atoms with E-state index in [4.69, 9.17) is 5.73 Å². The summed E-state index contributed by atoms with van der Waals surface area (Å²) in [5.74, 6) is 0.355. The predicted octanol–water partition coefficient (Wildman–Crippen LogP) is 3.33. The van der Waals surface area contributed by atoms with Gasteiger partial charge in [-0.05, 0) is 24.0 Å². The Kier molecular flexibility index (Phi) is 5.67. The summed E-state index contributed by atoms with van der Waals surface area (Å²) in [6.45, 7) is 1.48. The smallest absolute Gasteiger partial charge is 0.319 e. The standard InChI is InChI=1S/C16H21F2N5/c1-3-11-6-5-7-12(4-2)14(11)22-16(19)21-10-13-20-8-9-23(13)15(17)18/h5-9,15H,3-4,10H2,1-2H3,(H3,19,21,22). The van der Waals surface area contributed by atoms with E-state index >= 15 is 0 Å². The lowest BCUT2D eigenvalue weighted by Gasteiger charge is -2.14. The quantitative estimate of drug-likeness (QED) is 0.633. The molecule has 2 aromatic rings. The number of nitrogens with zero attached hydrogens (tertiary/aromatic N) is 3. The van der Waals surface area contributed by atoms with E-state index < -0.39 is 6.55 Å². The number of para-hydroxylation sites is 1. The lowest BCUT2D eigenvalue weighted by molar-refractivity contribution is 0.0671. The third kappa shape index (κ3) is 4.06. The number of alkyl halides is 2. The van der Waals surface area contributed by atoms with Gasteiger partial charge in [-0.25, -0.2) is 9.98 Å². The maximum atomic E-state index is 12.8. The van der Waals surface area contributed by atoms with Gasteiger partial charge >= 0.3 is 6.55 Å². The Morgan fingerprint density at radius 1 is 1.30 bits per heavy atom. The molecule has 124 valence electrons. The van der Waals surface area contributed by atoms with Crippen molar-refractivity contribution >= 4 is 11.6 Å². The van der Waals surface area contributed by atoms with E-state index in [0.717, 1.165) is 34.2 Å². The van der Waals surface area contributed by atoms with E-state index in [0.29, 0.717) is 0 Å². The number of aryl methyl sites for hydroxylation is 2. The number of hydrogen-bond acceptors (Lipinski definition) is 2. The second-order valence-corrected chi connectivity index (χ2v) is 5.01. The van der Waals surface area contributed by atoms with Gasteiger partial charge in [0.1, 0.15) is 12.4 Å². The van der Waals surface area contributed by atoms with Crippen molar-refractivity contribution in [3.05, 3.63) is 47.5 Å². The molecule has 1 aromatic carbocycles. The van der Waals surface area contributed by atoms with Gasteiger partial charge < -0.3 is 11.1 Å². The van der Waals surface area contributed by atoms with Crippen molar-refractivity contribution in [2.24, 2.45) is 10.7 Å². The fourth-order valence-corrected chi connectivity index (χ4v) is 2.37. The van der Waals surface area contributed by atoms with Gasteiger partial charge in [-0.2, -0.15) is 8.78 Å². The molecule has 0 radical (unpaired) electrons. The summed E-state index contributed by atoms with van der Waals surface area (Å²) in [6.07, 6.45) is 4.27. The molecule has 3 N–H and O–H groups in total. The Balaban J connectivity index is 2.16. The highest BCUT2D eigenvalue weighted by atomic mass is 19.3. The molecule has 23 heavy (non-hydrogen) atoms. The number of benzene rings is 1. The van der Waals surface area contributed by atoms with Crippen molar-refractivity contribution in [3.63, 3.8) is 0 Å². The van der Waals surface area contributed by atoms with Gasteiger partial charge in [0.2, 0.25) is 0 Å². The van der Waals surface area contributed by atoms with Crippen LogP contribution in [0.3, 0.4) is 0 Å². The first-order valence-electron chi connectivity index (χ1n) is 7.54. The molecule has 0 saturated heterocycles. The number of nitrogens with two attached hydrogens (primary N) is 1. The molecule has 0 bridgehead atoms. The first kappa shape index (κ1) is 16.9. The highest BCUT2D eigenvalue weighted by Crippen LogP contribution is 2.22. The van der Waals surface area contributed by atoms with Crippen LogP contribution in [0, 0.1) is 0 Å². The Bertz CT molecular complexity index is 657. The highest BCUT2D eigenvalue weighted by molar-refractivity contribution is 5.93. The van der Waals surface area contributed by atoms with E-state index in [9.17, 15) is 8.78 Å². The number of rotatable bonds is 6. The predicted molar refractivity (Wildman–Crippen MR) is 87.6 cm³/mol. The van der Waals surface area contributed by atoms with Crippen LogP contribution in [0.5, 0.6) is 0 Å². The number of aromatic nitrogens is 2. The van der Waals surface area contributed by atoms with Crippen LogP contribution in [-0.2, 0) is 19.4 Å². The zero-order valence-corrected chi connectivity index (χ0v) is 13.3. The van der Waals surface area contributed by atoms with Gasteiger partial charge in [0.15, 0.2) is 5.96 Å². The summed E-state index contributed by atoms with van der Waals surface area (Å²) >= 11 is 0. The third-order valence-corrected chi connectivity index (χ3v) is 3.60. The molecule has 0 saturated carbocycles. The third-order valence-electron chi connectivity index (χ3n) is 3.60. The minimum Gasteiger partial charge on any atom is -0.370 e. The van der Waals surface area contributed by atoms with Crippen molar-refractivity contribution in [1.29, 1.82) is 0 Å². The van der Waals surface area contributed by atoms with Crippen molar-refractivity contribution < 1.29 is 8.78 Å². The Morgan fingerprint density at radius 2 is 1.96 bits per heavy atom. The van der Waals surface area contributed by atoms with Crippen LogP contribution in [-0.4, -0.2) is 15.5 Å². The van der Waals surface area contributed by atoms with E-state index in [-0.39, 0.29) is 18.3 Å². The van der Waals surface area contributed by atoms with Gasteiger partial charge in [0.25, 0.3) is 0 Å². The zero-order valence-electron chi connectivity index (χ0n) is 13.3. The molecule has 1 aromatic heterocycles. The molecule has 5 nitrogen and oxygen atoms in total. The maximum absolute atomic E-state index is 12.8. The van der Waals surface area contributed by atoms with Gasteiger partial charge in [-0.3, -0.25) is 4.57 Å².